The van der Waals surface area contributed by atoms with Crippen molar-refractivity contribution in [2.75, 3.05) is 5.32 Å². The summed E-state index contributed by atoms with van der Waals surface area (Å²) in [4.78, 5) is 12.5. The summed E-state index contributed by atoms with van der Waals surface area (Å²) in [6.07, 6.45) is 4.19. The smallest absolute Gasteiger partial charge is 0.269 e. The SMILES string of the molecule is O=C(CC(c1cccc2ccccc12)n1cccc1)Nc1nn[nH]n1. The lowest BCUT2D eigenvalue weighted by Gasteiger charge is -2.20. The normalized spacial score (nSPS) is 12.2. The summed E-state index contributed by atoms with van der Waals surface area (Å²) in [5.41, 5.74) is 1.09. The predicted molar refractivity (Wildman–Crippen MR) is 93.9 cm³/mol. The topological polar surface area (TPSA) is 88.5 Å². The number of rotatable bonds is 5. The number of tetrazole rings is 1. The third-order valence-electron chi connectivity index (χ3n) is 4.15. The minimum Gasteiger partial charge on any atom is -0.346 e. The van der Waals surface area contributed by atoms with Gasteiger partial charge in [0, 0.05) is 12.4 Å². The average molecular weight is 332 g/mol. The van der Waals surface area contributed by atoms with Crippen LogP contribution >= 0.6 is 0 Å². The number of aromatic amines is 1. The van der Waals surface area contributed by atoms with Gasteiger partial charge >= 0.3 is 0 Å². The van der Waals surface area contributed by atoms with Crippen LogP contribution in [0.5, 0.6) is 0 Å². The van der Waals surface area contributed by atoms with Crippen LogP contribution in [0.1, 0.15) is 18.0 Å². The summed E-state index contributed by atoms with van der Waals surface area (Å²) in [6.45, 7) is 0. The number of nitrogens with zero attached hydrogens (tertiary/aromatic N) is 4. The van der Waals surface area contributed by atoms with Crippen LogP contribution < -0.4 is 5.32 Å². The molecule has 2 aromatic heterocycles. The molecular weight excluding hydrogens is 316 g/mol. The van der Waals surface area contributed by atoms with Gasteiger partial charge in [-0.25, -0.2) is 0 Å². The minimum absolute atomic E-state index is 0.131. The number of hydrogen-bond acceptors (Lipinski definition) is 4. The summed E-state index contributed by atoms with van der Waals surface area (Å²) in [7, 11) is 0. The average Bonchev–Trinajstić information content (AvgIpc) is 3.33. The van der Waals surface area contributed by atoms with Crippen molar-refractivity contribution in [3.63, 3.8) is 0 Å². The molecule has 2 heterocycles. The second-order valence-electron chi connectivity index (χ2n) is 5.70. The van der Waals surface area contributed by atoms with Gasteiger partial charge in [-0.15, -0.1) is 5.10 Å². The summed E-state index contributed by atoms with van der Waals surface area (Å²) in [6, 6.07) is 18.1. The summed E-state index contributed by atoms with van der Waals surface area (Å²) >= 11 is 0. The number of hydrogen-bond donors (Lipinski definition) is 2. The van der Waals surface area contributed by atoms with Crippen molar-refractivity contribution < 1.29 is 4.79 Å². The van der Waals surface area contributed by atoms with Gasteiger partial charge in [-0.1, -0.05) is 47.6 Å². The molecule has 0 fully saturated rings. The van der Waals surface area contributed by atoms with Crippen LogP contribution in [0.25, 0.3) is 10.8 Å². The number of anilines is 1. The van der Waals surface area contributed by atoms with Crippen molar-refractivity contribution >= 4 is 22.6 Å². The van der Waals surface area contributed by atoms with Crippen molar-refractivity contribution in [1.29, 1.82) is 0 Å². The zero-order valence-electron chi connectivity index (χ0n) is 13.3. The van der Waals surface area contributed by atoms with E-state index < -0.39 is 0 Å². The quantitative estimate of drug-likeness (QED) is 0.588. The van der Waals surface area contributed by atoms with Gasteiger partial charge in [0.2, 0.25) is 5.91 Å². The molecule has 0 radical (unpaired) electrons. The van der Waals surface area contributed by atoms with Gasteiger partial charge in [-0.05, 0) is 33.7 Å². The van der Waals surface area contributed by atoms with E-state index >= 15 is 0 Å². The molecule has 7 heteroatoms. The molecule has 1 atom stereocenters. The molecule has 1 unspecified atom stereocenters. The Kier molecular flexibility index (Phi) is 3.96. The summed E-state index contributed by atoms with van der Waals surface area (Å²) in [5, 5.41) is 18.2. The molecule has 0 saturated heterocycles. The molecule has 0 spiro atoms. The van der Waals surface area contributed by atoms with Crippen molar-refractivity contribution in [2.24, 2.45) is 0 Å². The third-order valence-corrected chi connectivity index (χ3v) is 4.15. The first kappa shape index (κ1) is 15.1. The third kappa shape index (κ3) is 3.12. The zero-order chi connectivity index (χ0) is 17.1. The number of fused-ring (bicyclic) bond motifs is 1. The molecule has 1 amide bonds. The fourth-order valence-corrected chi connectivity index (χ4v) is 3.04. The van der Waals surface area contributed by atoms with Crippen LogP contribution in [-0.2, 0) is 4.79 Å². The number of carbonyl (C=O) groups is 1. The van der Waals surface area contributed by atoms with Gasteiger partial charge < -0.3 is 4.57 Å². The van der Waals surface area contributed by atoms with Gasteiger partial charge in [0.15, 0.2) is 0 Å². The second-order valence-corrected chi connectivity index (χ2v) is 5.70. The van der Waals surface area contributed by atoms with Crippen molar-refractivity contribution in [3.05, 3.63) is 72.6 Å². The van der Waals surface area contributed by atoms with E-state index in [-0.39, 0.29) is 24.3 Å². The fourth-order valence-electron chi connectivity index (χ4n) is 3.04. The van der Waals surface area contributed by atoms with Gasteiger partial charge in [0.05, 0.1) is 12.5 Å². The van der Waals surface area contributed by atoms with Gasteiger partial charge in [-0.3, -0.25) is 10.1 Å². The highest BCUT2D eigenvalue weighted by Gasteiger charge is 2.20. The maximum absolute atomic E-state index is 12.5. The van der Waals surface area contributed by atoms with Crippen molar-refractivity contribution in [1.82, 2.24) is 25.2 Å². The molecule has 4 aromatic rings. The molecule has 2 aromatic carbocycles. The summed E-state index contributed by atoms with van der Waals surface area (Å²) < 4.78 is 2.04. The molecular formula is C18H16N6O. The van der Waals surface area contributed by atoms with E-state index in [1.54, 1.807) is 0 Å². The van der Waals surface area contributed by atoms with Gasteiger partial charge in [0.1, 0.15) is 0 Å². The van der Waals surface area contributed by atoms with Crippen LogP contribution in [0.15, 0.2) is 67.0 Å². The molecule has 0 saturated carbocycles. The number of nitrogens with one attached hydrogen (secondary N) is 2. The lowest BCUT2D eigenvalue weighted by atomic mass is 9.96. The largest absolute Gasteiger partial charge is 0.346 e. The van der Waals surface area contributed by atoms with Crippen LogP contribution in [0.3, 0.4) is 0 Å². The molecule has 0 aliphatic heterocycles. The second kappa shape index (κ2) is 6.56. The van der Waals surface area contributed by atoms with Gasteiger partial charge in [0.25, 0.3) is 5.95 Å². The lowest BCUT2D eigenvalue weighted by molar-refractivity contribution is -0.116. The van der Waals surface area contributed by atoms with E-state index in [1.807, 2.05) is 47.3 Å². The highest BCUT2D eigenvalue weighted by molar-refractivity contribution is 5.91. The molecule has 0 aliphatic rings. The van der Waals surface area contributed by atoms with Crippen LogP contribution in [0.4, 0.5) is 5.95 Å². The Hall–Kier alpha value is -3.48. The van der Waals surface area contributed by atoms with Gasteiger partial charge in [-0.2, -0.15) is 5.21 Å². The highest BCUT2D eigenvalue weighted by atomic mass is 16.1. The van der Waals surface area contributed by atoms with Crippen LogP contribution in [0.2, 0.25) is 0 Å². The van der Waals surface area contributed by atoms with E-state index in [0.717, 1.165) is 16.3 Å². The number of amides is 1. The summed E-state index contributed by atoms with van der Waals surface area (Å²) in [5.74, 6) is 0.00205. The maximum atomic E-state index is 12.5. The molecule has 4 rings (SSSR count). The first-order valence-electron chi connectivity index (χ1n) is 7.94. The number of H-pyrrole nitrogens is 1. The maximum Gasteiger partial charge on any atom is 0.269 e. The number of carbonyl (C=O) groups excluding carboxylic acids is 1. The highest BCUT2D eigenvalue weighted by Crippen LogP contribution is 2.29. The van der Waals surface area contributed by atoms with E-state index in [0.29, 0.717) is 0 Å². The molecule has 2 N–H and O–H groups in total. The predicted octanol–water partition coefficient (Wildman–Crippen LogP) is 2.77. The fraction of sp³-hybridized carbons (Fsp3) is 0.111. The van der Waals surface area contributed by atoms with Crippen molar-refractivity contribution in [2.45, 2.75) is 12.5 Å². The standard InChI is InChI=1S/C18H16N6O/c25-17(19-18-20-22-23-21-18)12-16(24-10-3-4-11-24)15-9-5-7-13-6-1-2-8-14(13)15/h1-11,16H,12H2,(H2,19,20,21,22,23,25). The Morgan fingerprint density at radius 1 is 1.08 bits per heavy atom. The minimum atomic E-state index is -0.173. The molecule has 124 valence electrons. The van der Waals surface area contributed by atoms with Crippen LogP contribution in [0, 0.1) is 0 Å². The van der Waals surface area contributed by atoms with E-state index in [2.05, 4.69) is 50.2 Å². The zero-order valence-corrected chi connectivity index (χ0v) is 13.3. The van der Waals surface area contributed by atoms with E-state index in [1.165, 1.54) is 0 Å². The Balaban J connectivity index is 1.70. The molecule has 7 nitrogen and oxygen atoms in total. The molecule has 0 aliphatic carbocycles. The Bertz CT molecular complexity index is 973. The Morgan fingerprint density at radius 2 is 1.88 bits per heavy atom. The van der Waals surface area contributed by atoms with Crippen LogP contribution in [-0.4, -0.2) is 31.1 Å². The first-order chi connectivity index (χ1) is 12.3. The first-order valence-corrected chi connectivity index (χ1v) is 7.94. The Morgan fingerprint density at radius 3 is 2.68 bits per heavy atom. The van der Waals surface area contributed by atoms with E-state index in [4.69, 9.17) is 0 Å². The van der Waals surface area contributed by atoms with Crippen molar-refractivity contribution in [3.8, 4) is 0 Å². The Labute approximate surface area is 143 Å². The number of benzene rings is 2. The molecule has 25 heavy (non-hydrogen) atoms. The number of aromatic nitrogens is 5. The lowest BCUT2D eigenvalue weighted by Crippen LogP contribution is -2.20. The monoisotopic (exact) mass is 332 g/mol. The van der Waals surface area contributed by atoms with E-state index in [9.17, 15) is 4.79 Å². The molecule has 0 bridgehead atoms.